The van der Waals surface area contributed by atoms with E-state index >= 15 is 0 Å². The van der Waals surface area contributed by atoms with Crippen LogP contribution in [-0.2, 0) is 4.79 Å². The number of hydrogen-bond acceptors (Lipinski definition) is 2. The van der Waals surface area contributed by atoms with Gasteiger partial charge in [0.1, 0.15) is 0 Å². The molecular weight excluding hydrogens is 130 g/mol. The van der Waals surface area contributed by atoms with Crippen LogP contribution >= 0.6 is 0 Å². The molecule has 0 aromatic carbocycles. The van der Waals surface area contributed by atoms with Gasteiger partial charge in [0.25, 0.3) is 0 Å². The first-order valence-corrected chi connectivity index (χ1v) is 3.65. The van der Waals surface area contributed by atoms with Crippen LogP contribution in [0, 0.1) is 5.92 Å². The summed E-state index contributed by atoms with van der Waals surface area (Å²) in [5, 5.41) is 11.5. The van der Waals surface area contributed by atoms with E-state index in [1.165, 1.54) is 0 Å². The topological polar surface area (TPSA) is 49.3 Å². The molecule has 0 aromatic rings. The molecule has 1 rings (SSSR count). The first-order valence-electron chi connectivity index (χ1n) is 3.65. The van der Waals surface area contributed by atoms with Crippen molar-refractivity contribution in [1.29, 1.82) is 0 Å². The second-order valence-corrected chi connectivity index (χ2v) is 2.87. The van der Waals surface area contributed by atoms with Crippen molar-refractivity contribution in [2.45, 2.75) is 25.8 Å². The van der Waals surface area contributed by atoms with Crippen molar-refractivity contribution in [3.05, 3.63) is 0 Å². The van der Waals surface area contributed by atoms with Crippen LogP contribution in [0.25, 0.3) is 0 Å². The summed E-state index contributed by atoms with van der Waals surface area (Å²) in [6.07, 6.45) is 1.81. The molecule has 1 aliphatic rings. The van der Waals surface area contributed by atoms with E-state index in [4.69, 9.17) is 5.11 Å². The van der Waals surface area contributed by atoms with E-state index in [-0.39, 0.29) is 24.5 Å². The van der Waals surface area contributed by atoms with Gasteiger partial charge < -0.3 is 10.4 Å². The van der Waals surface area contributed by atoms with E-state index in [1.807, 2.05) is 6.92 Å². The molecule has 0 radical (unpaired) electrons. The van der Waals surface area contributed by atoms with E-state index in [2.05, 4.69) is 5.32 Å². The van der Waals surface area contributed by atoms with E-state index in [9.17, 15) is 4.79 Å². The molecule has 0 aromatic heterocycles. The van der Waals surface area contributed by atoms with E-state index in [0.717, 1.165) is 12.8 Å². The van der Waals surface area contributed by atoms with Crippen molar-refractivity contribution < 1.29 is 9.90 Å². The number of piperidine rings is 1. The van der Waals surface area contributed by atoms with Crippen molar-refractivity contribution in [2.24, 2.45) is 5.92 Å². The van der Waals surface area contributed by atoms with Gasteiger partial charge in [0, 0.05) is 6.04 Å². The number of amides is 1. The number of hydrogen-bond donors (Lipinski definition) is 2. The molecule has 0 spiro atoms. The molecular formula is C7H13NO2. The van der Waals surface area contributed by atoms with Gasteiger partial charge in [-0.3, -0.25) is 4.79 Å². The average molecular weight is 143 g/mol. The first kappa shape index (κ1) is 7.54. The van der Waals surface area contributed by atoms with Crippen LogP contribution in [0.1, 0.15) is 19.8 Å². The third kappa shape index (κ3) is 1.48. The van der Waals surface area contributed by atoms with E-state index in [1.54, 1.807) is 0 Å². The average Bonchev–Trinajstić information content (AvgIpc) is 1.88. The van der Waals surface area contributed by atoms with Crippen molar-refractivity contribution in [1.82, 2.24) is 5.32 Å². The molecule has 0 bridgehead atoms. The van der Waals surface area contributed by atoms with Gasteiger partial charge in [-0.05, 0) is 19.8 Å². The third-order valence-corrected chi connectivity index (χ3v) is 1.93. The minimum atomic E-state index is -0.156. The van der Waals surface area contributed by atoms with Crippen LogP contribution < -0.4 is 5.32 Å². The lowest BCUT2D eigenvalue weighted by molar-refractivity contribution is -0.128. The highest BCUT2D eigenvalue weighted by atomic mass is 16.3. The number of carbonyl (C=O) groups is 1. The Kier molecular flexibility index (Phi) is 2.27. The normalized spacial score (nSPS) is 33.6. The fraction of sp³-hybridized carbons (Fsp3) is 0.857. The van der Waals surface area contributed by atoms with Crippen molar-refractivity contribution in [2.75, 3.05) is 6.61 Å². The molecule has 3 heteroatoms. The summed E-state index contributed by atoms with van der Waals surface area (Å²) >= 11 is 0. The first-order chi connectivity index (χ1) is 4.74. The van der Waals surface area contributed by atoms with E-state index in [0.29, 0.717) is 0 Å². The highest BCUT2D eigenvalue weighted by Crippen LogP contribution is 2.13. The van der Waals surface area contributed by atoms with Crippen LogP contribution in [0.5, 0.6) is 0 Å². The molecule has 1 saturated heterocycles. The van der Waals surface area contributed by atoms with Gasteiger partial charge in [-0.25, -0.2) is 0 Å². The summed E-state index contributed by atoms with van der Waals surface area (Å²) in [6, 6.07) is 0.287. The highest BCUT2D eigenvalue weighted by Gasteiger charge is 2.24. The minimum Gasteiger partial charge on any atom is -0.396 e. The van der Waals surface area contributed by atoms with Crippen LogP contribution in [-0.4, -0.2) is 23.7 Å². The minimum absolute atomic E-state index is 0.00116. The van der Waals surface area contributed by atoms with Crippen LogP contribution in [0.2, 0.25) is 0 Å². The predicted molar refractivity (Wildman–Crippen MR) is 37.4 cm³/mol. The van der Waals surface area contributed by atoms with Crippen LogP contribution in [0.4, 0.5) is 0 Å². The largest absolute Gasteiger partial charge is 0.396 e. The molecule has 1 fully saturated rings. The Bertz CT molecular complexity index is 136. The number of rotatable bonds is 1. The van der Waals surface area contributed by atoms with Gasteiger partial charge in [-0.1, -0.05) is 0 Å². The summed E-state index contributed by atoms with van der Waals surface area (Å²) in [6.45, 7) is 1.96. The van der Waals surface area contributed by atoms with Crippen molar-refractivity contribution in [3.63, 3.8) is 0 Å². The summed E-state index contributed by atoms with van der Waals surface area (Å²) in [4.78, 5) is 11.0. The summed E-state index contributed by atoms with van der Waals surface area (Å²) in [5.41, 5.74) is 0. The third-order valence-electron chi connectivity index (χ3n) is 1.93. The second-order valence-electron chi connectivity index (χ2n) is 2.87. The lowest BCUT2D eigenvalue weighted by Gasteiger charge is -2.25. The smallest absolute Gasteiger partial charge is 0.225 e. The van der Waals surface area contributed by atoms with Crippen molar-refractivity contribution >= 4 is 5.91 Å². The highest BCUT2D eigenvalue weighted by molar-refractivity contribution is 5.79. The molecule has 58 valence electrons. The standard InChI is InChI=1S/C7H13NO2/c1-5-2-3-6(4-9)7(10)8-5/h5-6,9H,2-4H2,1H3,(H,8,10)/t5-,6?/m1/s1. The zero-order valence-corrected chi connectivity index (χ0v) is 6.13. The number of carbonyl (C=O) groups excluding carboxylic acids is 1. The summed E-state index contributed by atoms with van der Waals surface area (Å²) in [7, 11) is 0. The SMILES string of the molecule is C[C@@H]1CCC(CO)C(=O)N1. The quantitative estimate of drug-likeness (QED) is 0.538. The molecule has 3 nitrogen and oxygen atoms in total. The molecule has 2 atom stereocenters. The molecule has 0 saturated carbocycles. The molecule has 10 heavy (non-hydrogen) atoms. The van der Waals surface area contributed by atoms with Gasteiger partial charge in [-0.2, -0.15) is 0 Å². The Hall–Kier alpha value is -0.570. The van der Waals surface area contributed by atoms with Gasteiger partial charge in [0.15, 0.2) is 0 Å². The molecule has 1 heterocycles. The van der Waals surface area contributed by atoms with Gasteiger partial charge in [-0.15, -0.1) is 0 Å². The van der Waals surface area contributed by atoms with Crippen LogP contribution in [0.15, 0.2) is 0 Å². The molecule has 2 N–H and O–H groups in total. The maximum Gasteiger partial charge on any atom is 0.225 e. The zero-order valence-electron chi connectivity index (χ0n) is 6.13. The second kappa shape index (κ2) is 3.01. The fourth-order valence-corrected chi connectivity index (χ4v) is 1.19. The molecule has 0 aliphatic carbocycles. The predicted octanol–water partition coefficient (Wildman–Crippen LogP) is -0.107. The Morgan fingerprint density at radius 2 is 2.40 bits per heavy atom. The maximum atomic E-state index is 11.0. The van der Waals surface area contributed by atoms with Gasteiger partial charge >= 0.3 is 0 Å². The van der Waals surface area contributed by atoms with E-state index < -0.39 is 0 Å². The lowest BCUT2D eigenvalue weighted by Crippen LogP contribution is -2.43. The number of aliphatic hydroxyl groups excluding tert-OH is 1. The number of nitrogens with one attached hydrogen (secondary N) is 1. The lowest BCUT2D eigenvalue weighted by atomic mass is 9.95. The van der Waals surface area contributed by atoms with Crippen molar-refractivity contribution in [3.8, 4) is 0 Å². The fourth-order valence-electron chi connectivity index (χ4n) is 1.19. The zero-order chi connectivity index (χ0) is 7.56. The maximum absolute atomic E-state index is 11.0. The monoisotopic (exact) mass is 143 g/mol. The van der Waals surface area contributed by atoms with Gasteiger partial charge in [0.2, 0.25) is 5.91 Å². The summed E-state index contributed by atoms with van der Waals surface area (Å²) in [5.74, 6) is -0.155. The Morgan fingerprint density at radius 1 is 1.70 bits per heavy atom. The molecule has 1 unspecified atom stereocenters. The Balaban J connectivity index is 2.43. The Labute approximate surface area is 60.4 Å². The summed E-state index contributed by atoms with van der Waals surface area (Å²) < 4.78 is 0. The molecule has 1 amide bonds. The van der Waals surface area contributed by atoms with Crippen LogP contribution in [0.3, 0.4) is 0 Å². The van der Waals surface area contributed by atoms with Gasteiger partial charge in [0.05, 0.1) is 12.5 Å². The number of aliphatic hydroxyl groups is 1. The Morgan fingerprint density at radius 3 is 2.90 bits per heavy atom. The molecule has 1 aliphatic heterocycles.